The lowest BCUT2D eigenvalue weighted by atomic mass is 10.4. The molecule has 0 aromatic carbocycles. The molecular weight excluding hydrogens is 172 g/mol. The summed E-state index contributed by atoms with van der Waals surface area (Å²) in [6.07, 6.45) is 2.83. The van der Waals surface area contributed by atoms with Crippen LogP contribution in [0.25, 0.3) is 11.5 Å². The summed E-state index contributed by atoms with van der Waals surface area (Å²) in [5.41, 5.74) is 0.720. The Kier molecular flexibility index (Phi) is 1.59. The number of carboxylic acids is 1. The van der Waals surface area contributed by atoms with Crippen molar-refractivity contribution >= 4 is 5.97 Å². The molecule has 0 aliphatic carbocycles. The Labute approximate surface area is 72.6 Å². The predicted octanol–water partition coefficient (Wildman–Crippen LogP) is 0.498. The van der Waals surface area contributed by atoms with Crippen LogP contribution in [0.1, 0.15) is 10.5 Å². The minimum Gasteiger partial charge on any atom is -0.477 e. The molecule has 2 aromatic heterocycles. The number of H-pyrrole nitrogens is 2. The molecule has 0 bridgehead atoms. The lowest BCUT2D eigenvalue weighted by molar-refractivity contribution is 0.0691. The SMILES string of the molecule is O=C(O)c1cnc(-c2ccn[nH]2)[nH]1. The average Bonchev–Trinajstić information content (AvgIpc) is 2.75. The van der Waals surface area contributed by atoms with E-state index in [4.69, 9.17) is 5.11 Å². The molecule has 0 spiro atoms. The van der Waals surface area contributed by atoms with E-state index < -0.39 is 5.97 Å². The summed E-state index contributed by atoms with van der Waals surface area (Å²) in [6, 6.07) is 1.70. The molecule has 0 radical (unpaired) electrons. The van der Waals surface area contributed by atoms with Gasteiger partial charge >= 0.3 is 5.97 Å². The van der Waals surface area contributed by atoms with E-state index in [0.717, 1.165) is 0 Å². The fourth-order valence-electron chi connectivity index (χ4n) is 0.955. The van der Waals surface area contributed by atoms with Crippen molar-refractivity contribution in [1.29, 1.82) is 0 Å². The van der Waals surface area contributed by atoms with Crippen molar-refractivity contribution < 1.29 is 9.90 Å². The Bertz CT molecular complexity index is 417. The Balaban J connectivity index is 2.39. The van der Waals surface area contributed by atoms with Gasteiger partial charge in [-0.1, -0.05) is 0 Å². The van der Waals surface area contributed by atoms with Gasteiger partial charge in [0.2, 0.25) is 0 Å². The molecule has 0 aliphatic heterocycles. The molecule has 0 saturated carbocycles. The van der Waals surface area contributed by atoms with Crippen LogP contribution < -0.4 is 0 Å². The van der Waals surface area contributed by atoms with Crippen LogP contribution in [-0.4, -0.2) is 31.2 Å². The van der Waals surface area contributed by atoms with Crippen molar-refractivity contribution in [3.63, 3.8) is 0 Å². The summed E-state index contributed by atoms with van der Waals surface area (Å²) >= 11 is 0. The minimum absolute atomic E-state index is 0.0598. The van der Waals surface area contributed by atoms with Crippen LogP contribution >= 0.6 is 0 Å². The monoisotopic (exact) mass is 178 g/mol. The summed E-state index contributed by atoms with van der Waals surface area (Å²) in [5.74, 6) is -0.562. The molecule has 0 saturated heterocycles. The molecule has 2 rings (SSSR count). The van der Waals surface area contributed by atoms with E-state index in [1.54, 1.807) is 12.3 Å². The van der Waals surface area contributed by atoms with Gasteiger partial charge in [-0.15, -0.1) is 0 Å². The van der Waals surface area contributed by atoms with Crippen LogP contribution in [0.4, 0.5) is 0 Å². The quantitative estimate of drug-likeness (QED) is 0.623. The molecule has 0 fully saturated rings. The molecule has 2 aromatic rings. The minimum atomic E-state index is -1.03. The Morgan fingerprint density at radius 3 is 2.92 bits per heavy atom. The van der Waals surface area contributed by atoms with E-state index >= 15 is 0 Å². The number of hydrogen-bond donors (Lipinski definition) is 3. The van der Waals surface area contributed by atoms with E-state index in [-0.39, 0.29) is 5.69 Å². The molecule has 6 nitrogen and oxygen atoms in total. The first-order chi connectivity index (χ1) is 6.27. The van der Waals surface area contributed by atoms with Gasteiger partial charge in [-0.3, -0.25) is 5.10 Å². The van der Waals surface area contributed by atoms with Crippen molar-refractivity contribution in [3.8, 4) is 11.5 Å². The van der Waals surface area contributed by atoms with Crippen LogP contribution in [0.2, 0.25) is 0 Å². The second-order valence-corrected chi connectivity index (χ2v) is 2.42. The first kappa shape index (κ1) is 7.53. The zero-order chi connectivity index (χ0) is 9.26. The van der Waals surface area contributed by atoms with Gasteiger partial charge in [0.05, 0.1) is 6.20 Å². The molecule has 13 heavy (non-hydrogen) atoms. The highest BCUT2D eigenvalue weighted by Crippen LogP contribution is 2.10. The number of rotatable bonds is 2. The van der Waals surface area contributed by atoms with E-state index in [1.165, 1.54) is 6.20 Å². The van der Waals surface area contributed by atoms with E-state index in [0.29, 0.717) is 11.5 Å². The predicted molar refractivity (Wildman–Crippen MR) is 43.1 cm³/mol. The molecule has 2 heterocycles. The third-order valence-electron chi connectivity index (χ3n) is 1.56. The third-order valence-corrected chi connectivity index (χ3v) is 1.56. The van der Waals surface area contributed by atoms with Gasteiger partial charge in [-0.05, 0) is 6.07 Å². The van der Waals surface area contributed by atoms with E-state index in [1.807, 2.05) is 0 Å². The summed E-state index contributed by atoms with van der Waals surface area (Å²) in [4.78, 5) is 17.0. The highest BCUT2D eigenvalue weighted by Gasteiger charge is 2.08. The number of imidazole rings is 1. The largest absolute Gasteiger partial charge is 0.477 e. The van der Waals surface area contributed by atoms with Crippen molar-refractivity contribution in [1.82, 2.24) is 20.2 Å². The fraction of sp³-hybridized carbons (Fsp3) is 0. The highest BCUT2D eigenvalue weighted by atomic mass is 16.4. The van der Waals surface area contributed by atoms with Gasteiger partial charge < -0.3 is 10.1 Å². The van der Waals surface area contributed by atoms with E-state index in [2.05, 4.69) is 20.2 Å². The van der Waals surface area contributed by atoms with E-state index in [9.17, 15) is 4.79 Å². The Hall–Kier alpha value is -2.11. The number of nitrogens with zero attached hydrogens (tertiary/aromatic N) is 2. The molecular formula is C7H6N4O2. The Morgan fingerprint density at radius 2 is 2.38 bits per heavy atom. The smallest absolute Gasteiger partial charge is 0.353 e. The third kappa shape index (κ3) is 1.28. The number of aromatic carboxylic acids is 1. The number of carboxylic acid groups (broad SMARTS) is 1. The average molecular weight is 178 g/mol. The number of aromatic nitrogens is 4. The van der Waals surface area contributed by atoms with Gasteiger partial charge in [0.1, 0.15) is 11.4 Å². The van der Waals surface area contributed by atoms with Gasteiger partial charge in [0, 0.05) is 6.20 Å². The lowest BCUT2D eigenvalue weighted by Crippen LogP contribution is -1.95. The van der Waals surface area contributed by atoms with Crippen LogP contribution in [0.3, 0.4) is 0 Å². The van der Waals surface area contributed by atoms with Gasteiger partial charge in [0.25, 0.3) is 0 Å². The maximum absolute atomic E-state index is 10.5. The Morgan fingerprint density at radius 1 is 1.54 bits per heavy atom. The second kappa shape index (κ2) is 2.74. The van der Waals surface area contributed by atoms with Crippen LogP contribution in [0.5, 0.6) is 0 Å². The second-order valence-electron chi connectivity index (χ2n) is 2.42. The summed E-state index contributed by atoms with van der Waals surface area (Å²) in [5, 5.41) is 15.0. The molecule has 0 atom stereocenters. The highest BCUT2D eigenvalue weighted by molar-refractivity contribution is 5.85. The maximum atomic E-state index is 10.5. The zero-order valence-electron chi connectivity index (χ0n) is 6.48. The number of hydrogen-bond acceptors (Lipinski definition) is 3. The van der Waals surface area contributed by atoms with Crippen molar-refractivity contribution in [2.75, 3.05) is 0 Å². The van der Waals surface area contributed by atoms with Crippen LogP contribution in [0, 0.1) is 0 Å². The number of aromatic amines is 2. The molecule has 66 valence electrons. The zero-order valence-corrected chi connectivity index (χ0v) is 6.48. The fourth-order valence-corrected chi connectivity index (χ4v) is 0.955. The van der Waals surface area contributed by atoms with Crippen LogP contribution in [-0.2, 0) is 0 Å². The van der Waals surface area contributed by atoms with Gasteiger partial charge in [0.15, 0.2) is 5.82 Å². The number of carbonyl (C=O) groups is 1. The molecule has 0 aliphatic rings. The molecule has 3 N–H and O–H groups in total. The topological polar surface area (TPSA) is 94.7 Å². The standard InChI is InChI=1S/C7H6N4O2/c12-7(13)5-3-8-6(10-5)4-1-2-9-11-4/h1-3H,(H,8,10)(H,9,11)(H,12,13). The van der Waals surface area contributed by atoms with Crippen molar-refractivity contribution in [3.05, 3.63) is 24.2 Å². The normalized spacial score (nSPS) is 10.2. The first-order valence-corrected chi connectivity index (χ1v) is 3.55. The van der Waals surface area contributed by atoms with Crippen molar-refractivity contribution in [2.24, 2.45) is 0 Å². The maximum Gasteiger partial charge on any atom is 0.353 e. The summed E-state index contributed by atoms with van der Waals surface area (Å²) in [7, 11) is 0. The summed E-state index contributed by atoms with van der Waals surface area (Å²) < 4.78 is 0. The molecule has 0 unspecified atom stereocenters. The van der Waals surface area contributed by atoms with Gasteiger partial charge in [-0.25, -0.2) is 9.78 Å². The summed E-state index contributed by atoms with van der Waals surface area (Å²) in [6.45, 7) is 0. The molecule has 6 heteroatoms. The lowest BCUT2D eigenvalue weighted by Gasteiger charge is -1.87. The van der Waals surface area contributed by atoms with Gasteiger partial charge in [-0.2, -0.15) is 5.10 Å². The van der Waals surface area contributed by atoms with Crippen LogP contribution in [0.15, 0.2) is 18.5 Å². The van der Waals surface area contributed by atoms with Crippen molar-refractivity contribution in [2.45, 2.75) is 0 Å². The molecule has 0 amide bonds. The number of nitrogens with one attached hydrogen (secondary N) is 2. The first-order valence-electron chi connectivity index (χ1n) is 3.55.